The predicted octanol–water partition coefficient (Wildman–Crippen LogP) is 1.30. The number of anilines is 1. The summed E-state index contributed by atoms with van der Waals surface area (Å²) in [7, 11) is 1.80. The molecule has 1 atom stereocenters. The highest BCUT2D eigenvalue weighted by Crippen LogP contribution is 2.15. The molecule has 0 saturated carbocycles. The molecule has 1 unspecified atom stereocenters. The van der Waals surface area contributed by atoms with Crippen molar-refractivity contribution in [3.05, 3.63) is 59.1 Å². The van der Waals surface area contributed by atoms with Crippen LogP contribution in [0.25, 0.3) is 0 Å². The van der Waals surface area contributed by atoms with E-state index in [0.717, 1.165) is 16.2 Å². The number of hydrogen-bond donors (Lipinski definition) is 3. The highest BCUT2D eigenvalue weighted by Gasteiger charge is 2.14. The first kappa shape index (κ1) is 20.7. The number of likely N-dealkylation sites (N-methyl/N-ethyl adjacent to an activating group) is 1. The minimum absolute atomic E-state index is 0.129. The average molecular weight is 391 g/mol. The molecule has 6 nitrogen and oxygen atoms in total. The van der Waals surface area contributed by atoms with Crippen molar-refractivity contribution in [1.29, 1.82) is 0 Å². The quantitative estimate of drug-likeness (QED) is 0.565. The summed E-state index contributed by atoms with van der Waals surface area (Å²) in [5.74, 6) is 0.440. The highest BCUT2D eigenvalue weighted by atomic mass is 35.5. The monoisotopic (exact) mass is 390 g/mol. The Balaban J connectivity index is 1.62. The van der Waals surface area contributed by atoms with Gasteiger partial charge in [-0.05, 0) is 43.3 Å². The lowest BCUT2D eigenvalue weighted by molar-refractivity contribution is -0.862. The van der Waals surface area contributed by atoms with Crippen molar-refractivity contribution in [3.63, 3.8) is 0 Å². The van der Waals surface area contributed by atoms with Gasteiger partial charge in [-0.1, -0.05) is 29.3 Å². The van der Waals surface area contributed by atoms with Crippen molar-refractivity contribution in [1.82, 2.24) is 5.32 Å². The topological polar surface area (TPSA) is 71.9 Å². The first-order chi connectivity index (χ1) is 12.9. The number of carbonyl (C=O) groups is 2. The Morgan fingerprint density at radius 3 is 2.30 bits per heavy atom. The van der Waals surface area contributed by atoms with E-state index < -0.39 is 0 Å². The lowest BCUT2D eigenvalue weighted by atomic mass is 10.2. The lowest BCUT2D eigenvalue weighted by Gasteiger charge is -2.14. The fourth-order valence-corrected chi connectivity index (χ4v) is 2.53. The van der Waals surface area contributed by atoms with E-state index in [9.17, 15) is 9.59 Å². The van der Waals surface area contributed by atoms with Crippen molar-refractivity contribution in [2.45, 2.75) is 6.92 Å². The van der Waals surface area contributed by atoms with Gasteiger partial charge in [0.25, 0.3) is 11.8 Å². The van der Waals surface area contributed by atoms with Crippen molar-refractivity contribution >= 4 is 29.1 Å². The number of aryl methyl sites for hydroxylation is 1. The SMILES string of the molecule is Cc1ccc(NC(=O)C[NH+](C)CC(=O)NCCOc2ccc(Cl)cc2)cc1. The maximum absolute atomic E-state index is 12.0. The summed E-state index contributed by atoms with van der Waals surface area (Å²) in [6, 6.07) is 14.6. The minimum Gasteiger partial charge on any atom is -0.492 e. The molecule has 2 rings (SSSR count). The van der Waals surface area contributed by atoms with E-state index in [0.29, 0.717) is 23.9 Å². The molecule has 7 heteroatoms. The van der Waals surface area contributed by atoms with Crippen LogP contribution in [0.4, 0.5) is 5.69 Å². The molecule has 2 aromatic rings. The second-order valence-electron chi connectivity index (χ2n) is 6.38. The predicted molar refractivity (Wildman–Crippen MR) is 106 cm³/mol. The van der Waals surface area contributed by atoms with E-state index in [1.807, 2.05) is 31.2 Å². The largest absolute Gasteiger partial charge is 0.492 e. The zero-order valence-corrected chi connectivity index (χ0v) is 16.3. The number of rotatable bonds is 9. The van der Waals surface area contributed by atoms with Gasteiger partial charge in [0.15, 0.2) is 13.1 Å². The molecule has 0 aliphatic carbocycles. The van der Waals surface area contributed by atoms with E-state index >= 15 is 0 Å². The molecular formula is C20H25ClN3O3+. The number of amides is 2. The Bertz CT molecular complexity index is 748. The first-order valence-electron chi connectivity index (χ1n) is 8.75. The third-order valence-corrected chi connectivity index (χ3v) is 4.02. The number of hydrogen-bond acceptors (Lipinski definition) is 3. The van der Waals surface area contributed by atoms with Gasteiger partial charge in [0, 0.05) is 10.7 Å². The van der Waals surface area contributed by atoms with Crippen LogP contribution in [0.1, 0.15) is 5.56 Å². The molecule has 144 valence electrons. The molecule has 0 heterocycles. The Hall–Kier alpha value is -2.57. The summed E-state index contributed by atoms with van der Waals surface area (Å²) in [6.45, 7) is 3.16. The molecule has 3 N–H and O–H groups in total. The van der Waals surface area contributed by atoms with Gasteiger partial charge in [-0.15, -0.1) is 0 Å². The van der Waals surface area contributed by atoms with Crippen LogP contribution < -0.4 is 20.3 Å². The molecule has 0 bridgehead atoms. The molecule has 27 heavy (non-hydrogen) atoms. The van der Waals surface area contributed by atoms with Crippen LogP contribution >= 0.6 is 11.6 Å². The van der Waals surface area contributed by atoms with Gasteiger partial charge < -0.3 is 20.3 Å². The van der Waals surface area contributed by atoms with Crippen LogP contribution in [0, 0.1) is 6.92 Å². The van der Waals surface area contributed by atoms with Crippen LogP contribution in [-0.2, 0) is 9.59 Å². The number of halogens is 1. The first-order valence-corrected chi connectivity index (χ1v) is 9.13. The smallest absolute Gasteiger partial charge is 0.279 e. The molecule has 0 spiro atoms. The van der Waals surface area contributed by atoms with Crippen LogP contribution in [0.2, 0.25) is 5.02 Å². The Morgan fingerprint density at radius 1 is 1.00 bits per heavy atom. The van der Waals surface area contributed by atoms with Crippen LogP contribution in [-0.4, -0.2) is 45.1 Å². The van der Waals surface area contributed by atoms with Gasteiger partial charge in [-0.3, -0.25) is 9.59 Å². The Kier molecular flexibility index (Phi) is 8.10. The molecule has 0 aliphatic rings. The molecule has 2 amide bonds. The van der Waals surface area contributed by atoms with Crippen molar-refractivity contribution in [2.75, 3.05) is 38.6 Å². The highest BCUT2D eigenvalue weighted by molar-refractivity contribution is 6.30. The van der Waals surface area contributed by atoms with Crippen molar-refractivity contribution in [3.8, 4) is 5.75 Å². The molecule has 0 aromatic heterocycles. The summed E-state index contributed by atoms with van der Waals surface area (Å²) in [5, 5.41) is 6.26. The molecule has 0 radical (unpaired) electrons. The third kappa shape index (κ3) is 8.11. The normalized spacial score (nSPS) is 11.5. The van der Waals surface area contributed by atoms with Gasteiger partial charge >= 0.3 is 0 Å². The fraction of sp³-hybridized carbons (Fsp3) is 0.300. The number of carbonyl (C=O) groups excluding carboxylic acids is 2. The summed E-state index contributed by atoms with van der Waals surface area (Å²) in [5.41, 5.74) is 1.88. The van der Waals surface area contributed by atoms with Gasteiger partial charge in [0.2, 0.25) is 0 Å². The van der Waals surface area contributed by atoms with Crippen LogP contribution in [0.15, 0.2) is 48.5 Å². The second-order valence-corrected chi connectivity index (χ2v) is 6.81. The molecule has 0 fully saturated rings. The molecule has 0 aliphatic heterocycles. The van der Waals surface area contributed by atoms with E-state index in [1.54, 1.807) is 31.3 Å². The standard InChI is InChI=1S/C20H24ClN3O3/c1-15-3-7-17(8-4-15)23-20(26)14-24(2)13-19(25)22-11-12-27-18-9-5-16(21)6-10-18/h3-10H,11-14H2,1-2H3,(H,22,25)(H,23,26)/p+1. The zero-order valence-electron chi connectivity index (χ0n) is 15.5. The fourth-order valence-electron chi connectivity index (χ4n) is 2.41. The van der Waals surface area contributed by atoms with E-state index in [1.165, 1.54) is 0 Å². The summed E-state index contributed by atoms with van der Waals surface area (Å²) >= 11 is 5.81. The van der Waals surface area contributed by atoms with Crippen molar-refractivity contribution in [2.24, 2.45) is 0 Å². The van der Waals surface area contributed by atoms with Gasteiger partial charge in [0.05, 0.1) is 13.6 Å². The number of ether oxygens (including phenoxy) is 1. The minimum atomic E-state index is -0.129. The van der Waals surface area contributed by atoms with E-state index in [2.05, 4.69) is 10.6 Å². The Labute approximate surface area is 164 Å². The average Bonchev–Trinajstić information content (AvgIpc) is 2.62. The number of quaternary nitrogens is 1. The van der Waals surface area contributed by atoms with Crippen molar-refractivity contribution < 1.29 is 19.2 Å². The molecule has 0 saturated heterocycles. The van der Waals surface area contributed by atoms with E-state index in [4.69, 9.17) is 16.3 Å². The third-order valence-electron chi connectivity index (χ3n) is 3.77. The second kappa shape index (κ2) is 10.5. The molecule has 2 aromatic carbocycles. The lowest BCUT2D eigenvalue weighted by Crippen LogP contribution is -3.11. The van der Waals surface area contributed by atoms with Crippen LogP contribution in [0.3, 0.4) is 0 Å². The summed E-state index contributed by atoms with van der Waals surface area (Å²) in [4.78, 5) is 24.8. The maximum atomic E-state index is 12.0. The van der Waals surface area contributed by atoms with Gasteiger partial charge in [-0.2, -0.15) is 0 Å². The maximum Gasteiger partial charge on any atom is 0.279 e. The molecular weight excluding hydrogens is 366 g/mol. The van der Waals surface area contributed by atoms with Crippen LogP contribution in [0.5, 0.6) is 5.75 Å². The van der Waals surface area contributed by atoms with E-state index in [-0.39, 0.29) is 24.9 Å². The van der Waals surface area contributed by atoms with Gasteiger partial charge in [0.1, 0.15) is 12.4 Å². The Morgan fingerprint density at radius 2 is 1.63 bits per heavy atom. The summed E-state index contributed by atoms with van der Waals surface area (Å²) < 4.78 is 5.51. The number of benzene rings is 2. The number of nitrogens with one attached hydrogen (secondary N) is 3. The zero-order chi connectivity index (χ0) is 19.6. The summed E-state index contributed by atoms with van der Waals surface area (Å²) in [6.07, 6.45) is 0. The van der Waals surface area contributed by atoms with Gasteiger partial charge in [-0.25, -0.2) is 0 Å².